The quantitative estimate of drug-likeness (QED) is 0.202. The zero-order valence-corrected chi connectivity index (χ0v) is 28.2. The van der Waals surface area contributed by atoms with Crippen LogP contribution in [-0.2, 0) is 26.2 Å². The van der Waals surface area contributed by atoms with Crippen molar-refractivity contribution < 1.29 is 22.5 Å². The molecule has 0 saturated heterocycles. The first-order chi connectivity index (χ1) is 20.6. The van der Waals surface area contributed by atoms with Gasteiger partial charge in [0.2, 0.25) is 17.7 Å². The second kappa shape index (κ2) is 14.9. The van der Waals surface area contributed by atoms with Gasteiger partial charge in [0, 0.05) is 30.6 Å². The molecule has 9 nitrogen and oxygen atoms in total. The van der Waals surface area contributed by atoms with E-state index >= 15 is 0 Å². The van der Waals surface area contributed by atoms with E-state index in [-0.39, 0.29) is 40.5 Å². The van der Waals surface area contributed by atoms with E-state index in [1.54, 1.807) is 30.9 Å². The smallest absolute Gasteiger partial charge is 0.264 e. The van der Waals surface area contributed by atoms with Crippen molar-refractivity contribution in [1.29, 1.82) is 0 Å². The number of hydrogen-bond donors (Lipinski definition) is 2. The van der Waals surface area contributed by atoms with E-state index in [1.807, 2.05) is 57.2 Å². The molecule has 240 valence electrons. The predicted molar refractivity (Wildman–Crippen MR) is 174 cm³/mol. The average Bonchev–Trinajstić information content (AvgIpc) is 3.26. The number of nitrogens with zero attached hydrogens (tertiary/aromatic N) is 2. The van der Waals surface area contributed by atoms with Gasteiger partial charge in [-0.05, 0) is 55.2 Å². The van der Waals surface area contributed by atoms with E-state index in [0.717, 1.165) is 18.4 Å². The topological polar surface area (TPSA) is 122 Å². The number of hydrogen-bond acceptors (Lipinski definition) is 6. The molecule has 0 spiro atoms. The highest BCUT2D eigenvalue weighted by molar-refractivity contribution is 7.92. The van der Waals surface area contributed by atoms with Crippen LogP contribution in [0.3, 0.4) is 0 Å². The molecule has 2 N–H and O–H groups in total. The predicted octanol–water partition coefficient (Wildman–Crippen LogP) is 6.86. The number of anilines is 1. The maximum absolute atomic E-state index is 13.9. The largest absolute Gasteiger partial charge is 0.354 e. The molecule has 2 aromatic carbocycles. The van der Waals surface area contributed by atoms with Crippen LogP contribution in [0.15, 0.2) is 57.9 Å². The van der Waals surface area contributed by atoms with Crippen LogP contribution in [0.4, 0.5) is 5.88 Å². The van der Waals surface area contributed by atoms with Crippen molar-refractivity contribution >= 4 is 27.7 Å². The Hall–Kier alpha value is -3.66. The van der Waals surface area contributed by atoms with Crippen LogP contribution in [0.1, 0.15) is 84.0 Å². The highest BCUT2D eigenvalue weighted by Gasteiger charge is 2.33. The minimum atomic E-state index is -4.14. The number of amides is 2. The summed E-state index contributed by atoms with van der Waals surface area (Å²) in [5, 5.41) is 6.92. The molecule has 0 aliphatic heterocycles. The first-order valence-corrected chi connectivity index (χ1v) is 16.8. The summed E-state index contributed by atoms with van der Waals surface area (Å²) in [7, 11) is -4.14. The second-order valence-electron chi connectivity index (χ2n) is 12.9. The molecule has 10 heteroatoms. The van der Waals surface area contributed by atoms with Gasteiger partial charge in [0.25, 0.3) is 10.0 Å². The van der Waals surface area contributed by atoms with Crippen LogP contribution in [0.25, 0.3) is 11.1 Å². The molecule has 0 aliphatic carbocycles. The summed E-state index contributed by atoms with van der Waals surface area (Å²) in [6, 6.07) is 13.7. The summed E-state index contributed by atoms with van der Waals surface area (Å²) in [5.74, 6) is -0.462. The summed E-state index contributed by atoms with van der Waals surface area (Å²) in [4.78, 5) is 28.8. The molecule has 0 saturated carbocycles. The van der Waals surface area contributed by atoms with Crippen LogP contribution in [0.5, 0.6) is 0 Å². The molecule has 3 rings (SSSR count). The minimum Gasteiger partial charge on any atom is -0.354 e. The second-order valence-corrected chi connectivity index (χ2v) is 14.6. The fraction of sp³-hybridized carbons (Fsp3) is 0.500. The van der Waals surface area contributed by atoms with Gasteiger partial charge in [-0.15, -0.1) is 0 Å². The molecular formula is C34H48N4O5S. The summed E-state index contributed by atoms with van der Waals surface area (Å²) < 4.78 is 35.6. The number of rotatable bonds is 14. The molecule has 0 fully saturated rings. The van der Waals surface area contributed by atoms with E-state index < -0.39 is 16.1 Å². The van der Waals surface area contributed by atoms with Crippen molar-refractivity contribution in [2.45, 2.75) is 98.6 Å². The lowest BCUT2D eigenvalue weighted by molar-refractivity contribution is -0.143. The summed E-state index contributed by atoms with van der Waals surface area (Å²) in [6.07, 6.45) is 2.63. The zero-order valence-electron chi connectivity index (χ0n) is 27.4. The van der Waals surface area contributed by atoms with Gasteiger partial charge in [0.1, 0.15) is 6.04 Å². The fourth-order valence-electron chi connectivity index (χ4n) is 4.91. The Morgan fingerprint density at radius 1 is 1.05 bits per heavy atom. The SMILES string of the molecule is CCCCC(=O)N(Cc1ccc(-c2ccccc2)c(S(=O)(=O)Nc2onc(C)c2C)c1)[C@H](C(=O)NCCC(C)(C)C)C(C)C. The minimum absolute atomic E-state index is 0.0336. The monoisotopic (exact) mass is 624 g/mol. The third-order valence-electron chi connectivity index (χ3n) is 7.63. The Bertz CT molecular complexity index is 1520. The highest BCUT2D eigenvalue weighted by atomic mass is 32.2. The van der Waals surface area contributed by atoms with E-state index in [4.69, 9.17) is 4.52 Å². The lowest BCUT2D eigenvalue weighted by Gasteiger charge is -2.34. The third kappa shape index (κ3) is 9.17. The number of aryl methyl sites for hydroxylation is 1. The first-order valence-electron chi connectivity index (χ1n) is 15.4. The molecule has 44 heavy (non-hydrogen) atoms. The van der Waals surface area contributed by atoms with Gasteiger partial charge in [-0.2, -0.15) is 0 Å². The molecule has 3 aromatic rings. The van der Waals surface area contributed by atoms with Crippen molar-refractivity contribution in [2.24, 2.45) is 11.3 Å². The summed E-state index contributed by atoms with van der Waals surface area (Å²) in [6.45, 7) is 16.3. The standard InChI is InChI=1S/C34H48N4O5S/c1-9-10-16-30(39)38(31(23(2)3)32(40)35-20-19-34(6,7)8)22-26-17-18-28(27-14-12-11-13-15-27)29(21-26)44(41,42)37-33-24(4)25(5)36-43-33/h11-15,17-18,21,23,31,37H,9-10,16,19-20,22H2,1-8H3,(H,35,40)/t31-/m0/s1. The molecule has 1 aromatic heterocycles. The van der Waals surface area contributed by atoms with Gasteiger partial charge < -0.3 is 14.7 Å². The Morgan fingerprint density at radius 2 is 1.73 bits per heavy atom. The van der Waals surface area contributed by atoms with Crippen molar-refractivity contribution in [3.05, 3.63) is 65.4 Å². The van der Waals surface area contributed by atoms with Crippen molar-refractivity contribution in [3.63, 3.8) is 0 Å². The Morgan fingerprint density at radius 3 is 2.30 bits per heavy atom. The van der Waals surface area contributed by atoms with Crippen LogP contribution in [0.2, 0.25) is 0 Å². The molecule has 0 unspecified atom stereocenters. The maximum atomic E-state index is 13.9. The lowest BCUT2D eigenvalue weighted by Crippen LogP contribution is -2.52. The van der Waals surface area contributed by atoms with Crippen LogP contribution in [0, 0.1) is 25.2 Å². The molecule has 2 amide bonds. The molecule has 1 heterocycles. The molecule has 0 aliphatic rings. The average molecular weight is 625 g/mol. The van der Waals surface area contributed by atoms with Gasteiger partial charge in [0.15, 0.2) is 0 Å². The van der Waals surface area contributed by atoms with Gasteiger partial charge >= 0.3 is 0 Å². The van der Waals surface area contributed by atoms with E-state index in [2.05, 4.69) is 36.0 Å². The van der Waals surface area contributed by atoms with Crippen LogP contribution in [-0.4, -0.2) is 42.9 Å². The van der Waals surface area contributed by atoms with E-state index in [0.29, 0.717) is 41.8 Å². The van der Waals surface area contributed by atoms with Crippen LogP contribution < -0.4 is 10.0 Å². The number of carbonyl (C=O) groups excluding carboxylic acids is 2. The lowest BCUT2D eigenvalue weighted by atomic mass is 9.92. The van der Waals surface area contributed by atoms with Crippen molar-refractivity contribution in [2.75, 3.05) is 11.3 Å². The van der Waals surface area contributed by atoms with E-state index in [9.17, 15) is 18.0 Å². The highest BCUT2D eigenvalue weighted by Crippen LogP contribution is 2.32. The Kier molecular flexibility index (Phi) is 11.8. The summed E-state index contributed by atoms with van der Waals surface area (Å²) >= 11 is 0. The Balaban J connectivity index is 2.06. The normalized spacial score (nSPS) is 12.7. The molecule has 0 bridgehead atoms. The van der Waals surface area contributed by atoms with Gasteiger partial charge in [0.05, 0.1) is 10.6 Å². The van der Waals surface area contributed by atoms with Gasteiger partial charge in [-0.25, -0.2) is 13.1 Å². The number of carbonyl (C=O) groups is 2. The number of benzene rings is 2. The number of aromatic nitrogens is 1. The van der Waals surface area contributed by atoms with Crippen molar-refractivity contribution in [1.82, 2.24) is 15.4 Å². The fourth-order valence-corrected chi connectivity index (χ4v) is 6.24. The number of nitrogens with one attached hydrogen (secondary N) is 2. The maximum Gasteiger partial charge on any atom is 0.264 e. The molecule has 0 radical (unpaired) electrons. The number of unbranched alkanes of at least 4 members (excludes halogenated alkanes) is 1. The first kappa shape index (κ1) is 34.8. The Labute approximate surface area is 262 Å². The zero-order chi connectivity index (χ0) is 32.7. The van der Waals surface area contributed by atoms with Crippen molar-refractivity contribution in [3.8, 4) is 11.1 Å². The van der Waals surface area contributed by atoms with E-state index in [1.165, 1.54) is 0 Å². The summed E-state index contributed by atoms with van der Waals surface area (Å²) in [5.41, 5.74) is 3.04. The number of sulfonamides is 1. The molecular weight excluding hydrogens is 576 g/mol. The van der Waals surface area contributed by atoms with Gasteiger partial charge in [-0.3, -0.25) is 9.59 Å². The van der Waals surface area contributed by atoms with Crippen LogP contribution >= 0.6 is 0 Å². The third-order valence-corrected chi connectivity index (χ3v) is 9.00. The molecule has 1 atom stereocenters. The van der Waals surface area contributed by atoms with Gasteiger partial charge in [-0.1, -0.05) is 95.6 Å².